The summed E-state index contributed by atoms with van der Waals surface area (Å²) in [6.45, 7) is 1.94. The SMILES string of the molecule is [B][B]/C=C\[B]C. The van der Waals surface area contributed by atoms with E-state index in [2.05, 4.69) is 0 Å². The number of rotatable bonds is 2. The molecule has 0 saturated heterocycles. The lowest BCUT2D eigenvalue weighted by molar-refractivity contribution is 2.24. The molecule has 0 nitrogen and oxygen atoms in total. The summed E-state index contributed by atoms with van der Waals surface area (Å²) >= 11 is 0. The summed E-state index contributed by atoms with van der Waals surface area (Å²) in [6.07, 6.45) is 0. The van der Waals surface area contributed by atoms with Crippen LogP contribution in [0.1, 0.15) is 0 Å². The molecule has 0 bridgehead atoms. The maximum Gasteiger partial charge on any atom is 0.136 e. The molecule has 3 heteroatoms. The molecule has 0 saturated carbocycles. The normalized spacial score (nSPS) is 8.83. The lowest BCUT2D eigenvalue weighted by Crippen LogP contribution is -1.80. The van der Waals surface area contributed by atoms with Crippen molar-refractivity contribution in [1.29, 1.82) is 0 Å². The van der Waals surface area contributed by atoms with Crippen molar-refractivity contribution < 1.29 is 0 Å². The van der Waals surface area contributed by atoms with Crippen molar-refractivity contribution >= 4 is 22.2 Å². The molecule has 0 aromatic carbocycles. The molecule has 0 aliphatic rings. The second-order valence-electron chi connectivity index (χ2n) is 0.911. The van der Waals surface area contributed by atoms with E-state index in [4.69, 9.17) is 7.74 Å². The predicted molar refractivity (Wildman–Crippen MR) is 32.3 cm³/mol. The van der Waals surface area contributed by atoms with Crippen molar-refractivity contribution in [2.24, 2.45) is 0 Å². The van der Waals surface area contributed by atoms with Crippen LogP contribution < -0.4 is 0 Å². The highest BCUT2D eigenvalue weighted by atomic mass is 13.3. The highest BCUT2D eigenvalue weighted by molar-refractivity contribution is 6.92. The molecular weight excluding hydrogens is 68.5 g/mol. The van der Waals surface area contributed by atoms with E-state index in [1.54, 1.807) is 5.98 Å². The van der Waals surface area contributed by atoms with Gasteiger partial charge in [-0.05, 0) is 0 Å². The van der Waals surface area contributed by atoms with Crippen molar-refractivity contribution in [1.82, 2.24) is 0 Å². The molecule has 0 fully saturated rings. The van der Waals surface area contributed by atoms with Gasteiger partial charge in [0.05, 0.1) is 7.17 Å². The Morgan fingerprint density at radius 3 is 2.33 bits per heavy atom. The third-order valence-corrected chi connectivity index (χ3v) is 0.415. The van der Waals surface area contributed by atoms with Crippen LogP contribution in [-0.2, 0) is 0 Å². The topological polar surface area (TPSA) is 0 Å². The summed E-state index contributed by atoms with van der Waals surface area (Å²) in [5, 5.41) is 0. The molecule has 6 heavy (non-hydrogen) atoms. The molecule has 0 rings (SSSR count). The van der Waals surface area contributed by atoms with Crippen LogP contribution in [0.3, 0.4) is 0 Å². The Morgan fingerprint density at radius 1 is 1.50 bits per heavy atom. The Labute approximate surface area is 41.9 Å². The predicted octanol–water partition coefficient (Wildman–Crippen LogP) is -0.00240. The average Bonchev–Trinajstić information content (AvgIpc) is 1.61. The summed E-state index contributed by atoms with van der Waals surface area (Å²) in [7, 11) is 8.40. The zero-order valence-corrected chi connectivity index (χ0v) is 3.89. The van der Waals surface area contributed by atoms with E-state index in [0.29, 0.717) is 0 Å². The van der Waals surface area contributed by atoms with Gasteiger partial charge in [-0.1, -0.05) is 6.82 Å². The Balaban J connectivity index is 2.73. The highest BCUT2D eigenvalue weighted by Gasteiger charge is 1.64. The molecule has 0 amide bonds. The monoisotopic (exact) mass is 74.1 g/mol. The minimum atomic E-state index is 1.50. The summed E-state index contributed by atoms with van der Waals surface area (Å²) in [5.41, 5.74) is 0. The first-order valence-electron chi connectivity index (χ1n) is 1.91. The van der Waals surface area contributed by atoms with Gasteiger partial charge in [-0.3, -0.25) is 0 Å². The first-order chi connectivity index (χ1) is 2.91. The molecule has 0 aliphatic carbocycles. The molecule has 0 aromatic heterocycles. The average molecular weight is 73.5 g/mol. The molecule has 0 N–H and O–H groups in total. The molecular formula is C3H5B3. The number of hydrogen-bond acceptors (Lipinski definition) is 0. The van der Waals surface area contributed by atoms with Gasteiger partial charge >= 0.3 is 0 Å². The standard InChI is InChI=1S/C3H5B3/c1-5-2-3-6-4/h2-3H,1H3/b3-2-. The van der Waals surface area contributed by atoms with Crippen molar-refractivity contribution in [3.8, 4) is 0 Å². The molecule has 0 aromatic rings. The van der Waals surface area contributed by atoms with Gasteiger partial charge in [0.2, 0.25) is 0 Å². The van der Waals surface area contributed by atoms with E-state index in [9.17, 15) is 0 Å². The van der Waals surface area contributed by atoms with Gasteiger partial charge in [0.25, 0.3) is 0 Å². The van der Waals surface area contributed by atoms with Crippen LogP contribution in [0.15, 0.2) is 12.0 Å². The highest BCUT2D eigenvalue weighted by Crippen LogP contribution is 1.60. The molecule has 4 radical (unpaired) electrons. The van der Waals surface area contributed by atoms with Gasteiger partial charge in [0.15, 0.2) is 0 Å². The van der Waals surface area contributed by atoms with E-state index < -0.39 is 0 Å². The smallest absolute Gasteiger partial charge is 0.136 e. The fraction of sp³-hybridized carbons (Fsp3) is 0.333. The van der Waals surface area contributed by atoms with Crippen LogP contribution in [0.25, 0.3) is 0 Å². The second kappa shape index (κ2) is 4.93. The Hall–Kier alpha value is -0.0652. The Morgan fingerprint density at radius 2 is 2.17 bits per heavy atom. The zero-order chi connectivity index (χ0) is 4.83. The van der Waals surface area contributed by atoms with Gasteiger partial charge in [-0.2, -0.15) is 0 Å². The summed E-state index contributed by atoms with van der Waals surface area (Å²) in [5.74, 6) is 3.65. The molecule has 26 valence electrons. The van der Waals surface area contributed by atoms with Crippen LogP contribution in [0.2, 0.25) is 6.82 Å². The largest absolute Gasteiger partial charge is 0.146 e. The minimum Gasteiger partial charge on any atom is -0.146 e. The fourth-order valence-corrected chi connectivity index (χ4v) is 0.175. The molecule has 0 spiro atoms. The lowest BCUT2D eigenvalue weighted by Gasteiger charge is -1.69. The summed E-state index contributed by atoms with van der Waals surface area (Å²) in [4.78, 5) is 0. The van der Waals surface area contributed by atoms with E-state index in [0.717, 1.165) is 0 Å². The van der Waals surface area contributed by atoms with Crippen molar-refractivity contribution in [3.63, 3.8) is 0 Å². The van der Waals surface area contributed by atoms with Crippen LogP contribution in [-0.4, -0.2) is 22.2 Å². The maximum absolute atomic E-state index is 4.98. The van der Waals surface area contributed by atoms with E-state index in [1.165, 1.54) is 7.17 Å². The lowest BCUT2D eigenvalue weighted by atomic mass is 9.54. The van der Waals surface area contributed by atoms with Gasteiger partial charge in [-0.25, -0.2) is 0 Å². The molecule has 0 atom stereocenters. The van der Waals surface area contributed by atoms with Crippen molar-refractivity contribution in [3.05, 3.63) is 12.0 Å². The quantitative estimate of drug-likeness (QED) is 0.404. The Kier molecular flexibility index (Phi) is 4.88. The van der Waals surface area contributed by atoms with Gasteiger partial charge in [0.1, 0.15) is 7.28 Å². The van der Waals surface area contributed by atoms with E-state index >= 15 is 0 Å². The number of hydrogen-bond donors (Lipinski definition) is 0. The third-order valence-electron chi connectivity index (χ3n) is 0.415. The van der Waals surface area contributed by atoms with Crippen LogP contribution in [0, 0.1) is 0 Å². The fourth-order valence-electron chi connectivity index (χ4n) is 0.175. The van der Waals surface area contributed by atoms with Crippen LogP contribution >= 0.6 is 0 Å². The Bertz CT molecular complexity index is 35.3. The van der Waals surface area contributed by atoms with E-state index in [1.807, 2.05) is 20.1 Å². The molecule has 0 unspecified atom stereocenters. The van der Waals surface area contributed by atoms with Gasteiger partial charge in [0, 0.05) is 7.74 Å². The van der Waals surface area contributed by atoms with Crippen LogP contribution in [0.5, 0.6) is 0 Å². The first-order valence-corrected chi connectivity index (χ1v) is 1.91. The molecule has 0 aliphatic heterocycles. The zero-order valence-electron chi connectivity index (χ0n) is 3.89. The van der Waals surface area contributed by atoms with Gasteiger partial charge in [-0.15, -0.1) is 12.0 Å². The maximum atomic E-state index is 4.98. The van der Waals surface area contributed by atoms with E-state index in [-0.39, 0.29) is 0 Å². The van der Waals surface area contributed by atoms with Crippen molar-refractivity contribution in [2.75, 3.05) is 0 Å². The second-order valence-corrected chi connectivity index (χ2v) is 0.911. The van der Waals surface area contributed by atoms with Crippen LogP contribution in [0.4, 0.5) is 0 Å². The van der Waals surface area contributed by atoms with Gasteiger partial charge < -0.3 is 0 Å². The minimum absolute atomic E-state index is 1.50. The van der Waals surface area contributed by atoms with Crippen molar-refractivity contribution in [2.45, 2.75) is 6.82 Å². The molecule has 0 heterocycles. The first kappa shape index (κ1) is 5.93. The summed E-state index contributed by atoms with van der Waals surface area (Å²) in [6, 6.07) is 0. The summed E-state index contributed by atoms with van der Waals surface area (Å²) < 4.78 is 0. The third kappa shape index (κ3) is 3.93.